The Morgan fingerprint density at radius 1 is 1.23 bits per heavy atom. The van der Waals surface area contributed by atoms with Crippen molar-refractivity contribution in [1.29, 1.82) is 0 Å². The van der Waals surface area contributed by atoms with Crippen molar-refractivity contribution in [3.05, 3.63) is 54.1 Å². The van der Waals surface area contributed by atoms with Crippen LogP contribution in [0.1, 0.15) is 17.3 Å². The van der Waals surface area contributed by atoms with Gasteiger partial charge in [-0.05, 0) is 53.7 Å². The second kappa shape index (κ2) is 7.60. The molecule has 1 heterocycles. The van der Waals surface area contributed by atoms with Gasteiger partial charge in [0.15, 0.2) is 11.5 Å². The lowest BCUT2D eigenvalue weighted by Gasteiger charge is -2.12. The van der Waals surface area contributed by atoms with Crippen LogP contribution in [0.5, 0.6) is 11.5 Å². The molecule has 26 heavy (non-hydrogen) atoms. The lowest BCUT2D eigenvalue weighted by molar-refractivity contribution is 0.102. The highest BCUT2D eigenvalue weighted by Crippen LogP contribution is 2.28. The molecule has 0 saturated heterocycles. The number of nitrogens with zero attached hydrogens (tertiary/aromatic N) is 4. The maximum Gasteiger partial charge on any atom is 0.255 e. The molecule has 1 aromatic heterocycles. The minimum atomic E-state index is -0.575. The normalized spacial score (nSPS) is 10.4. The summed E-state index contributed by atoms with van der Waals surface area (Å²) in [5.41, 5.74) is 0.828. The van der Waals surface area contributed by atoms with E-state index >= 15 is 0 Å². The molecular weight excluding hydrogens is 341 g/mol. The maximum absolute atomic E-state index is 14.1. The van der Waals surface area contributed by atoms with Gasteiger partial charge in [0.2, 0.25) is 0 Å². The number of amides is 1. The van der Waals surface area contributed by atoms with Gasteiger partial charge >= 0.3 is 0 Å². The van der Waals surface area contributed by atoms with Crippen molar-refractivity contribution in [3.63, 3.8) is 0 Å². The van der Waals surface area contributed by atoms with Crippen LogP contribution in [0.25, 0.3) is 5.69 Å². The monoisotopic (exact) mass is 357 g/mol. The summed E-state index contributed by atoms with van der Waals surface area (Å²) >= 11 is 0. The zero-order chi connectivity index (χ0) is 18.5. The number of benzene rings is 2. The Balaban J connectivity index is 1.86. The molecule has 0 bridgehead atoms. The Morgan fingerprint density at radius 3 is 2.77 bits per heavy atom. The van der Waals surface area contributed by atoms with Gasteiger partial charge in [-0.15, -0.1) is 5.10 Å². The summed E-state index contributed by atoms with van der Waals surface area (Å²) < 4.78 is 26.1. The van der Waals surface area contributed by atoms with Crippen LogP contribution < -0.4 is 14.8 Å². The standard InChI is InChI=1S/C17H16FN5O3/c1-3-26-16-8-11(4-7-15(16)25-2)17(24)20-14-9-12(5-6-13(14)18)23-10-19-21-22-23/h4-10H,3H2,1-2H3,(H,20,24). The highest BCUT2D eigenvalue weighted by molar-refractivity contribution is 6.04. The van der Waals surface area contributed by atoms with Gasteiger partial charge in [0.25, 0.3) is 5.91 Å². The third-order valence-corrected chi connectivity index (χ3v) is 3.54. The van der Waals surface area contributed by atoms with Gasteiger partial charge in [-0.3, -0.25) is 4.79 Å². The van der Waals surface area contributed by atoms with Crippen LogP contribution in [0.3, 0.4) is 0 Å². The molecule has 1 N–H and O–H groups in total. The highest BCUT2D eigenvalue weighted by Gasteiger charge is 2.14. The molecule has 3 rings (SSSR count). The number of nitrogens with one attached hydrogen (secondary N) is 1. The lowest BCUT2D eigenvalue weighted by Crippen LogP contribution is -2.14. The number of tetrazole rings is 1. The first kappa shape index (κ1) is 17.3. The van der Waals surface area contributed by atoms with E-state index in [0.717, 1.165) is 0 Å². The van der Waals surface area contributed by atoms with Crippen molar-refractivity contribution in [2.45, 2.75) is 6.92 Å². The van der Waals surface area contributed by atoms with Crippen LogP contribution in [0.15, 0.2) is 42.7 Å². The summed E-state index contributed by atoms with van der Waals surface area (Å²) in [4.78, 5) is 12.5. The van der Waals surface area contributed by atoms with Crippen molar-refractivity contribution in [1.82, 2.24) is 20.2 Å². The van der Waals surface area contributed by atoms with Crippen LogP contribution in [-0.4, -0.2) is 39.8 Å². The molecule has 0 unspecified atom stereocenters. The second-order valence-corrected chi connectivity index (χ2v) is 5.17. The van der Waals surface area contributed by atoms with Gasteiger partial charge < -0.3 is 14.8 Å². The largest absolute Gasteiger partial charge is 0.493 e. The summed E-state index contributed by atoms with van der Waals surface area (Å²) in [7, 11) is 1.51. The van der Waals surface area contributed by atoms with E-state index in [2.05, 4.69) is 20.8 Å². The SMILES string of the molecule is CCOc1cc(C(=O)Nc2cc(-n3cnnn3)ccc2F)ccc1OC. The maximum atomic E-state index is 14.1. The first-order valence-electron chi connectivity index (χ1n) is 7.77. The fraction of sp³-hybridized carbons (Fsp3) is 0.176. The summed E-state index contributed by atoms with van der Waals surface area (Å²) in [6.07, 6.45) is 1.37. The van der Waals surface area contributed by atoms with E-state index in [4.69, 9.17) is 9.47 Å². The topological polar surface area (TPSA) is 91.2 Å². The number of ether oxygens (including phenoxy) is 2. The summed E-state index contributed by atoms with van der Waals surface area (Å²) in [6, 6.07) is 8.90. The van der Waals surface area contributed by atoms with Gasteiger partial charge in [0, 0.05) is 5.56 Å². The Kier molecular flexibility index (Phi) is 5.07. The predicted molar refractivity (Wildman–Crippen MR) is 91.2 cm³/mol. The molecule has 9 heteroatoms. The molecule has 0 radical (unpaired) electrons. The van der Waals surface area contributed by atoms with Gasteiger partial charge in [-0.1, -0.05) is 0 Å². The zero-order valence-electron chi connectivity index (χ0n) is 14.1. The van der Waals surface area contributed by atoms with Crippen LogP contribution in [-0.2, 0) is 0 Å². The average molecular weight is 357 g/mol. The van der Waals surface area contributed by atoms with E-state index in [1.165, 1.54) is 36.3 Å². The van der Waals surface area contributed by atoms with Crippen LogP contribution in [0, 0.1) is 5.82 Å². The predicted octanol–water partition coefficient (Wildman–Crippen LogP) is 2.46. The number of anilines is 1. The molecule has 0 aliphatic carbocycles. The number of hydrogen-bond donors (Lipinski definition) is 1. The Labute approximate surface area is 148 Å². The van der Waals surface area contributed by atoms with E-state index in [1.54, 1.807) is 18.2 Å². The summed E-state index contributed by atoms with van der Waals surface area (Å²) in [5.74, 6) is -0.115. The van der Waals surface area contributed by atoms with Crippen molar-refractivity contribution in [2.75, 3.05) is 19.0 Å². The minimum absolute atomic E-state index is 0.0109. The lowest BCUT2D eigenvalue weighted by atomic mass is 10.1. The molecule has 8 nitrogen and oxygen atoms in total. The molecule has 0 aliphatic rings. The second-order valence-electron chi connectivity index (χ2n) is 5.17. The van der Waals surface area contributed by atoms with Crippen LogP contribution in [0.4, 0.5) is 10.1 Å². The van der Waals surface area contributed by atoms with Crippen molar-refractivity contribution in [2.24, 2.45) is 0 Å². The van der Waals surface area contributed by atoms with Crippen molar-refractivity contribution in [3.8, 4) is 17.2 Å². The number of aromatic nitrogens is 4. The number of hydrogen-bond acceptors (Lipinski definition) is 6. The number of carbonyl (C=O) groups excluding carboxylic acids is 1. The quantitative estimate of drug-likeness (QED) is 0.729. The Hall–Kier alpha value is -3.49. The molecule has 2 aromatic carbocycles. The average Bonchev–Trinajstić information content (AvgIpc) is 3.18. The fourth-order valence-electron chi connectivity index (χ4n) is 2.31. The Bertz CT molecular complexity index is 915. The Morgan fingerprint density at radius 2 is 2.08 bits per heavy atom. The number of halogens is 1. The number of carbonyl (C=O) groups is 1. The van der Waals surface area contributed by atoms with E-state index < -0.39 is 11.7 Å². The van der Waals surface area contributed by atoms with Gasteiger partial charge in [-0.2, -0.15) is 0 Å². The fourth-order valence-corrected chi connectivity index (χ4v) is 2.31. The van der Waals surface area contributed by atoms with E-state index in [1.807, 2.05) is 6.92 Å². The molecule has 0 fully saturated rings. The van der Waals surface area contributed by atoms with E-state index in [-0.39, 0.29) is 5.69 Å². The minimum Gasteiger partial charge on any atom is -0.493 e. The highest BCUT2D eigenvalue weighted by atomic mass is 19.1. The smallest absolute Gasteiger partial charge is 0.255 e. The molecule has 0 atom stereocenters. The number of rotatable bonds is 6. The van der Waals surface area contributed by atoms with Crippen molar-refractivity contribution < 1.29 is 18.7 Å². The van der Waals surface area contributed by atoms with Gasteiger partial charge in [0.1, 0.15) is 12.1 Å². The first-order valence-corrected chi connectivity index (χ1v) is 7.77. The van der Waals surface area contributed by atoms with Crippen LogP contribution >= 0.6 is 0 Å². The molecule has 1 amide bonds. The molecule has 0 saturated carbocycles. The van der Waals surface area contributed by atoms with Crippen LogP contribution in [0.2, 0.25) is 0 Å². The molecule has 3 aromatic rings. The van der Waals surface area contributed by atoms with Crippen molar-refractivity contribution >= 4 is 11.6 Å². The summed E-state index contributed by atoms with van der Waals surface area (Å²) in [5, 5.41) is 13.3. The van der Waals surface area contributed by atoms with E-state index in [9.17, 15) is 9.18 Å². The molecular formula is C17H16FN5O3. The van der Waals surface area contributed by atoms with Gasteiger partial charge in [0.05, 0.1) is 25.1 Å². The molecule has 0 spiro atoms. The third kappa shape index (κ3) is 3.61. The third-order valence-electron chi connectivity index (χ3n) is 3.54. The summed E-state index contributed by atoms with van der Waals surface area (Å²) in [6.45, 7) is 2.25. The molecule has 0 aliphatic heterocycles. The first-order chi connectivity index (χ1) is 12.6. The zero-order valence-corrected chi connectivity index (χ0v) is 14.1. The van der Waals surface area contributed by atoms with Gasteiger partial charge in [-0.25, -0.2) is 9.07 Å². The molecule has 134 valence electrons. The number of methoxy groups -OCH3 is 1. The van der Waals surface area contributed by atoms with E-state index in [0.29, 0.717) is 29.4 Å².